The van der Waals surface area contributed by atoms with Crippen LogP contribution in [-0.4, -0.2) is 25.2 Å². The number of hydrogen-bond donors (Lipinski definition) is 0. The van der Waals surface area contributed by atoms with E-state index in [0.29, 0.717) is 32.5 Å². The van der Waals surface area contributed by atoms with Crippen molar-refractivity contribution in [2.24, 2.45) is 5.92 Å². The second-order valence-corrected chi connectivity index (χ2v) is 4.74. The fourth-order valence-corrected chi connectivity index (χ4v) is 1.70. The van der Waals surface area contributed by atoms with E-state index in [1.807, 2.05) is 13.8 Å². The fraction of sp³-hybridized carbons (Fsp3) is 0.867. The maximum atomic E-state index is 11.8. The molecule has 0 radical (unpaired) electrons. The van der Waals surface area contributed by atoms with Crippen molar-refractivity contribution in [3.05, 3.63) is 0 Å². The van der Waals surface area contributed by atoms with E-state index in [1.165, 1.54) is 0 Å². The molecule has 0 heterocycles. The quantitative estimate of drug-likeness (QED) is 0.427. The van der Waals surface area contributed by atoms with E-state index in [2.05, 4.69) is 6.92 Å². The van der Waals surface area contributed by atoms with Gasteiger partial charge in [-0.3, -0.25) is 9.59 Å². The standard InChI is InChI=1S/C15H28O4/c1-4-7-12-19-15(17)13(6-3)9-8-10-14(16)18-11-5-2/h13H,4-12H2,1-3H3. The van der Waals surface area contributed by atoms with Crippen LogP contribution >= 0.6 is 0 Å². The number of ether oxygens (including phenoxy) is 2. The Kier molecular flexibility index (Phi) is 11.3. The molecule has 0 fully saturated rings. The number of unbranched alkanes of at least 4 members (excludes halogenated alkanes) is 1. The molecule has 4 heteroatoms. The SMILES string of the molecule is CCCCOC(=O)C(CC)CCCC(=O)OCCC. The first kappa shape index (κ1) is 17.9. The van der Waals surface area contributed by atoms with E-state index in [1.54, 1.807) is 0 Å². The van der Waals surface area contributed by atoms with Gasteiger partial charge in [0.05, 0.1) is 19.1 Å². The van der Waals surface area contributed by atoms with Gasteiger partial charge in [0.2, 0.25) is 0 Å². The van der Waals surface area contributed by atoms with Gasteiger partial charge < -0.3 is 9.47 Å². The molecule has 0 aromatic heterocycles. The maximum absolute atomic E-state index is 11.8. The van der Waals surface area contributed by atoms with Crippen LogP contribution in [0.4, 0.5) is 0 Å². The Bertz CT molecular complexity index is 251. The molecule has 0 aromatic carbocycles. The van der Waals surface area contributed by atoms with Gasteiger partial charge in [-0.05, 0) is 32.1 Å². The zero-order valence-corrected chi connectivity index (χ0v) is 12.6. The molecule has 0 spiro atoms. The van der Waals surface area contributed by atoms with Gasteiger partial charge in [0, 0.05) is 6.42 Å². The largest absolute Gasteiger partial charge is 0.466 e. The van der Waals surface area contributed by atoms with Gasteiger partial charge in [-0.25, -0.2) is 0 Å². The summed E-state index contributed by atoms with van der Waals surface area (Å²) < 4.78 is 10.2. The molecular weight excluding hydrogens is 244 g/mol. The minimum atomic E-state index is -0.170. The molecule has 0 aromatic rings. The van der Waals surface area contributed by atoms with Crippen molar-refractivity contribution in [1.82, 2.24) is 0 Å². The van der Waals surface area contributed by atoms with E-state index in [4.69, 9.17) is 9.47 Å². The molecule has 1 unspecified atom stereocenters. The second-order valence-electron chi connectivity index (χ2n) is 4.74. The summed E-state index contributed by atoms with van der Waals surface area (Å²) in [4.78, 5) is 23.1. The molecule has 0 saturated heterocycles. The Labute approximate surface area is 116 Å². The second kappa shape index (κ2) is 12.0. The Morgan fingerprint density at radius 3 is 2.26 bits per heavy atom. The van der Waals surface area contributed by atoms with E-state index in [0.717, 1.165) is 25.7 Å². The summed E-state index contributed by atoms with van der Waals surface area (Å²) in [5.41, 5.74) is 0. The van der Waals surface area contributed by atoms with Gasteiger partial charge in [-0.15, -0.1) is 0 Å². The highest BCUT2D eigenvalue weighted by Gasteiger charge is 2.18. The predicted molar refractivity (Wildman–Crippen MR) is 74.7 cm³/mol. The van der Waals surface area contributed by atoms with Crippen LogP contribution in [0.5, 0.6) is 0 Å². The molecule has 0 rings (SSSR count). The lowest BCUT2D eigenvalue weighted by Crippen LogP contribution is -2.18. The van der Waals surface area contributed by atoms with E-state index >= 15 is 0 Å². The summed E-state index contributed by atoms with van der Waals surface area (Å²) in [5, 5.41) is 0. The number of rotatable bonds is 11. The zero-order chi connectivity index (χ0) is 14.5. The first-order valence-electron chi connectivity index (χ1n) is 7.47. The molecule has 0 aliphatic carbocycles. The highest BCUT2D eigenvalue weighted by atomic mass is 16.5. The average molecular weight is 272 g/mol. The number of carbonyl (C=O) groups is 2. The molecule has 0 aliphatic heterocycles. The average Bonchev–Trinajstić information content (AvgIpc) is 2.41. The third kappa shape index (κ3) is 9.51. The van der Waals surface area contributed by atoms with Crippen LogP contribution in [-0.2, 0) is 19.1 Å². The molecule has 1 atom stereocenters. The Morgan fingerprint density at radius 2 is 1.68 bits per heavy atom. The first-order chi connectivity index (χ1) is 9.15. The van der Waals surface area contributed by atoms with Crippen LogP contribution in [0.1, 0.15) is 65.7 Å². The molecule has 112 valence electrons. The van der Waals surface area contributed by atoms with Crippen molar-refractivity contribution < 1.29 is 19.1 Å². The number of hydrogen-bond acceptors (Lipinski definition) is 4. The predicted octanol–water partition coefficient (Wildman–Crippen LogP) is 3.48. The summed E-state index contributed by atoms with van der Waals surface area (Å²) in [5.74, 6) is -0.384. The summed E-state index contributed by atoms with van der Waals surface area (Å²) in [6.07, 6.45) is 5.30. The van der Waals surface area contributed by atoms with Gasteiger partial charge in [-0.1, -0.05) is 27.2 Å². The van der Waals surface area contributed by atoms with Crippen molar-refractivity contribution in [1.29, 1.82) is 0 Å². The maximum Gasteiger partial charge on any atom is 0.308 e. The van der Waals surface area contributed by atoms with Crippen molar-refractivity contribution >= 4 is 11.9 Å². The van der Waals surface area contributed by atoms with Gasteiger partial charge in [0.25, 0.3) is 0 Å². The van der Waals surface area contributed by atoms with Crippen LogP contribution in [0.15, 0.2) is 0 Å². The summed E-state index contributed by atoms with van der Waals surface area (Å²) >= 11 is 0. The van der Waals surface area contributed by atoms with Crippen LogP contribution in [0.2, 0.25) is 0 Å². The minimum absolute atomic E-state index is 0.0872. The number of esters is 2. The van der Waals surface area contributed by atoms with Crippen molar-refractivity contribution in [2.45, 2.75) is 65.7 Å². The normalized spacial score (nSPS) is 11.9. The van der Waals surface area contributed by atoms with E-state index in [9.17, 15) is 9.59 Å². The van der Waals surface area contributed by atoms with Gasteiger partial charge in [0.1, 0.15) is 0 Å². The molecule has 0 aliphatic rings. The molecule has 19 heavy (non-hydrogen) atoms. The first-order valence-corrected chi connectivity index (χ1v) is 7.47. The smallest absolute Gasteiger partial charge is 0.308 e. The topological polar surface area (TPSA) is 52.6 Å². The van der Waals surface area contributed by atoms with Crippen molar-refractivity contribution in [2.75, 3.05) is 13.2 Å². The summed E-state index contributed by atoms with van der Waals surface area (Å²) in [6, 6.07) is 0. The molecule has 0 amide bonds. The van der Waals surface area contributed by atoms with Crippen LogP contribution < -0.4 is 0 Å². The highest BCUT2D eigenvalue weighted by molar-refractivity contribution is 5.72. The van der Waals surface area contributed by atoms with Gasteiger partial charge in [0.15, 0.2) is 0 Å². The lowest BCUT2D eigenvalue weighted by atomic mass is 9.99. The molecule has 0 N–H and O–H groups in total. The monoisotopic (exact) mass is 272 g/mol. The lowest BCUT2D eigenvalue weighted by molar-refractivity contribution is -0.150. The van der Waals surface area contributed by atoms with Crippen molar-refractivity contribution in [3.63, 3.8) is 0 Å². The van der Waals surface area contributed by atoms with E-state index in [-0.39, 0.29) is 17.9 Å². The Hall–Kier alpha value is -1.06. The van der Waals surface area contributed by atoms with Crippen molar-refractivity contribution in [3.8, 4) is 0 Å². The highest BCUT2D eigenvalue weighted by Crippen LogP contribution is 2.15. The van der Waals surface area contributed by atoms with Crippen LogP contribution in [0.25, 0.3) is 0 Å². The minimum Gasteiger partial charge on any atom is -0.466 e. The lowest BCUT2D eigenvalue weighted by Gasteiger charge is -2.13. The van der Waals surface area contributed by atoms with E-state index < -0.39 is 0 Å². The number of carbonyl (C=O) groups excluding carboxylic acids is 2. The Morgan fingerprint density at radius 1 is 0.947 bits per heavy atom. The summed E-state index contributed by atoms with van der Waals surface area (Å²) in [7, 11) is 0. The molecule has 0 bridgehead atoms. The summed E-state index contributed by atoms with van der Waals surface area (Å²) in [6.45, 7) is 6.99. The third-order valence-corrected chi connectivity index (χ3v) is 2.97. The zero-order valence-electron chi connectivity index (χ0n) is 12.6. The third-order valence-electron chi connectivity index (χ3n) is 2.97. The molecule has 0 saturated carbocycles. The van der Waals surface area contributed by atoms with Gasteiger partial charge >= 0.3 is 11.9 Å². The molecule has 4 nitrogen and oxygen atoms in total. The molecular formula is C15H28O4. The van der Waals surface area contributed by atoms with Crippen LogP contribution in [0.3, 0.4) is 0 Å². The Balaban J connectivity index is 3.79. The fourth-order valence-electron chi connectivity index (χ4n) is 1.70. The van der Waals surface area contributed by atoms with Crippen LogP contribution in [0, 0.1) is 5.92 Å². The van der Waals surface area contributed by atoms with Gasteiger partial charge in [-0.2, -0.15) is 0 Å².